The van der Waals surface area contributed by atoms with Gasteiger partial charge in [0.15, 0.2) is 11.6 Å². The van der Waals surface area contributed by atoms with Crippen LogP contribution >= 0.6 is 22.6 Å². The Morgan fingerprint density at radius 3 is 2.58 bits per heavy atom. The Morgan fingerprint density at radius 2 is 1.89 bits per heavy atom. The number of aromatic nitrogens is 5. The fourth-order valence-corrected chi connectivity index (χ4v) is 2.24. The SMILES string of the molecule is O=c1[nH]c(-c2ncn[nH]2)nc(-c2ccccc2)c1I. The second-order valence-electron chi connectivity index (χ2n) is 3.78. The normalized spacial score (nSPS) is 10.6. The van der Waals surface area contributed by atoms with Crippen LogP contribution in [-0.4, -0.2) is 25.1 Å². The van der Waals surface area contributed by atoms with Crippen molar-refractivity contribution >= 4 is 22.6 Å². The number of nitrogens with zero attached hydrogens (tertiary/aromatic N) is 3. The van der Waals surface area contributed by atoms with E-state index in [2.05, 4.69) is 25.1 Å². The third-order valence-electron chi connectivity index (χ3n) is 2.55. The Balaban J connectivity index is 2.23. The van der Waals surface area contributed by atoms with Gasteiger partial charge < -0.3 is 4.98 Å². The first-order valence-electron chi connectivity index (χ1n) is 5.46. The minimum Gasteiger partial charge on any atom is -0.303 e. The molecule has 2 N–H and O–H groups in total. The maximum Gasteiger partial charge on any atom is 0.265 e. The summed E-state index contributed by atoms with van der Waals surface area (Å²) in [6.45, 7) is 0. The minimum absolute atomic E-state index is 0.194. The zero-order valence-electron chi connectivity index (χ0n) is 9.59. The summed E-state index contributed by atoms with van der Waals surface area (Å²) in [4.78, 5) is 23.1. The first-order valence-corrected chi connectivity index (χ1v) is 6.54. The summed E-state index contributed by atoms with van der Waals surface area (Å²) in [6, 6.07) is 9.55. The van der Waals surface area contributed by atoms with Gasteiger partial charge in [0.05, 0.1) is 5.69 Å². The predicted octanol–water partition coefficient (Wildman–Crippen LogP) is 1.83. The van der Waals surface area contributed by atoms with Crippen LogP contribution in [0.2, 0.25) is 0 Å². The van der Waals surface area contributed by atoms with Crippen molar-refractivity contribution in [1.29, 1.82) is 0 Å². The van der Waals surface area contributed by atoms with Crippen LogP contribution in [0.3, 0.4) is 0 Å². The number of halogens is 1. The molecule has 6 nitrogen and oxygen atoms in total. The summed E-state index contributed by atoms with van der Waals surface area (Å²) in [5.41, 5.74) is 1.33. The van der Waals surface area contributed by atoms with Gasteiger partial charge in [0.25, 0.3) is 5.56 Å². The third-order valence-corrected chi connectivity index (χ3v) is 3.55. The summed E-state index contributed by atoms with van der Waals surface area (Å²) in [7, 11) is 0. The highest BCUT2D eigenvalue weighted by molar-refractivity contribution is 14.1. The predicted molar refractivity (Wildman–Crippen MR) is 78.4 cm³/mol. The summed E-state index contributed by atoms with van der Waals surface area (Å²) in [6.07, 6.45) is 1.37. The standard InChI is InChI=1S/C12H8IN5O/c13-8-9(7-4-2-1-3-5-7)16-11(17-12(8)19)10-14-6-15-18-10/h1-6H,(H,14,15,18)(H,16,17,19). The fraction of sp³-hybridized carbons (Fsp3) is 0. The molecule has 0 unspecified atom stereocenters. The number of nitrogens with one attached hydrogen (secondary N) is 2. The number of hydrogen-bond acceptors (Lipinski definition) is 4. The topological polar surface area (TPSA) is 87.3 Å². The first kappa shape index (κ1) is 12.0. The van der Waals surface area contributed by atoms with E-state index in [4.69, 9.17) is 0 Å². The number of rotatable bonds is 2. The van der Waals surface area contributed by atoms with Gasteiger partial charge in [-0.1, -0.05) is 30.3 Å². The van der Waals surface area contributed by atoms with E-state index in [0.29, 0.717) is 20.9 Å². The summed E-state index contributed by atoms with van der Waals surface area (Å²) < 4.78 is 0.548. The van der Waals surface area contributed by atoms with Crippen LogP contribution in [0.1, 0.15) is 0 Å². The molecule has 0 aliphatic carbocycles. The van der Waals surface area contributed by atoms with Crippen molar-refractivity contribution < 1.29 is 0 Å². The molecule has 7 heteroatoms. The zero-order chi connectivity index (χ0) is 13.2. The van der Waals surface area contributed by atoms with E-state index < -0.39 is 0 Å². The highest BCUT2D eigenvalue weighted by atomic mass is 127. The minimum atomic E-state index is -0.194. The lowest BCUT2D eigenvalue weighted by Gasteiger charge is -2.05. The molecule has 3 rings (SSSR count). The van der Waals surface area contributed by atoms with E-state index in [0.717, 1.165) is 5.56 Å². The van der Waals surface area contributed by atoms with Gasteiger partial charge in [0.2, 0.25) is 0 Å². The van der Waals surface area contributed by atoms with Crippen LogP contribution in [0, 0.1) is 3.57 Å². The molecule has 0 bridgehead atoms. The molecule has 1 aromatic carbocycles. The van der Waals surface area contributed by atoms with Crippen molar-refractivity contribution in [2.45, 2.75) is 0 Å². The molecule has 0 spiro atoms. The lowest BCUT2D eigenvalue weighted by Crippen LogP contribution is -2.14. The van der Waals surface area contributed by atoms with Gasteiger partial charge in [0.1, 0.15) is 9.90 Å². The summed E-state index contributed by atoms with van der Waals surface area (Å²) in [5, 5.41) is 6.44. The molecule has 2 aromatic heterocycles. The van der Waals surface area contributed by atoms with Gasteiger partial charge in [0, 0.05) is 5.56 Å². The molecule has 0 atom stereocenters. The van der Waals surface area contributed by atoms with E-state index in [9.17, 15) is 4.79 Å². The van der Waals surface area contributed by atoms with Crippen molar-refractivity contribution in [3.8, 4) is 22.9 Å². The average Bonchev–Trinajstić information content (AvgIpc) is 2.97. The zero-order valence-corrected chi connectivity index (χ0v) is 11.7. The lowest BCUT2D eigenvalue weighted by molar-refractivity contribution is 1.04. The Hall–Kier alpha value is -2.03. The van der Waals surface area contributed by atoms with Gasteiger partial charge in [-0.25, -0.2) is 9.97 Å². The Kier molecular flexibility index (Phi) is 3.11. The summed E-state index contributed by atoms with van der Waals surface area (Å²) >= 11 is 1.99. The highest BCUT2D eigenvalue weighted by Gasteiger charge is 2.13. The maximum atomic E-state index is 12.0. The van der Waals surface area contributed by atoms with Gasteiger partial charge in [-0.05, 0) is 22.6 Å². The van der Waals surface area contributed by atoms with Crippen LogP contribution in [0.25, 0.3) is 22.9 Å². The van der Waals surface area contributed by atoms with Crippen LogP contribution in [0.5, 0.6) is 0 Å². The van der Waals surface area contributed by atoms with E-state index in [1.165, 1.54) is 6.33 Å². The molecule has 0 radical (unpaired) electrons. The van der Waals surface area contributed by atoms with Crippen molar-refractivity contribution in [3.05, 3.63) is 50.6 Å². The highest BCUT2D eigenvalue weighted by Crippen LogP contribution is 2.21. The van der Waals surface area contributed by atoms with Gasteiger partial charge >= 0.3 is 0 Å². The molecular formula is C12H8IN5O. The number of hydrogen-bond donors (Lipinski definition) is 2. The molecule has 0 amide bonds. The van der Waals surface area contributed by atoms with Crippen molar-refractivity contribution in [1.82, 2.24) is 25.1 Å². The Morgan fingerprint density at radius 1 is 1.11 bits per heavy atom. The largest absolute Gasteiger partial charge is 0.303 e. The number of benzene rings is 1. The molecule has 94 valence electrons. The maximum absolute atomic E-state index is 12.0. The fourth-order valence-electron chi connectivity index (χ4n) is 1.68. The van der Waals surface area contributed by atoms with E-state index in [1.54, 1.807) is 0 Å². The molecule has 19 heavy (non-hydrogen) atoms. The quantitative estimate of drug-likeness (QED) is 0.679. The monoisotopic (exact) mass is 365 g/mol. The van der Waals surface area contributed by atoms with E-state index in [-0.39, 0.29) is 5.56 Å². The van der Waals surface area contributed by atoms with Crippen LogP contribution in [-0.2, 0) is 0 Å². The molecule has 0 saturated heterocycles. The van der Waals surface area contributed by atoms with Gasteiger partial charge in [-0.3, -0.25) is 9.89 Å². The molecule has 0 fully saturated rings. The smallest absolute Gasteiger partial charge is 0.265 e. The molecule has 0 saturated carbocycles. The second kappa shape index (κ2) is 4.92. The van der Waals surface area contributed by atoms with Crippen molar-refractivity contribution in [3.63, 3.8) is 0 Å². The van der Waals surface area contributed by atoms with Gasteiger partial charge in [-0.15, -0.1) is 0 Å². The molecule has 0 aliphatic heterocycles. The molecule has 3 aromatic rings. The number of H-pyrrole nitrogens is 2. The second-order valence-corrected chi connectivity index (χ2v) is 4.86. The molecular weight excluding hydrogens is 357 g/mol. The Bertz CT molecular complexity index is 752. The molecule has 2 heterocycles. The Labute approximate surface area is 121 Å². The van der Waals surface area contributed by atoms with Crippen LogP contribution < -0.4 is 5.56 Å². The van der Waals surface area contributed by atoms with E-state index in [1.807, 2.05) is 52.9 Å². The first-order chi connectivity index (χ1) is 9.25. The lowest BCUT2D eigenvalue weighted by atomic mass is 10.1. The third kappa shape index (κ3) is 2.28. The number of aromatic amines is 2. The average molecular weight is 365 g/mol. The van der Waals surface area contributed by atoms with Crippen LogP contribution in [0.4, 0.5) is 0 Å². The summed E-state index contributed by atoms with van der Waals surface area (Å²) in [5.74, 6) is 0.812. The van der Waals surface area contributed by atoms with Crippen molar-refractivity contribution in [2.75, 3.05) is 0 Å². The van der Waals surface area contributed by atoms with Crippen LogP contribution in [0.15, 0.2) is 41.5 Å². The van der Waals surface area contributed by atoms with E-state index >= 15 is 0 Å². The molecule has 0 aliphatic rings. The van der Waals surface area contributed by atoms with Crippen molar-refractivity contribution in [2.24, 2.45) is 0 Å². The van der Waals surface area contributed by atoms with Gasteiger partial charge in [-0.2, -0.15) is 5.10 Å².